The van der Waals surface area contributed by atoms with Crippen molar-refractivity contribution in [3.8, 4) is 5.75 Å². The molecule has 1 saturated carbocycles. The summed E-state index contributed by atoms with van der Waals surface area (Å²) in [5.41, 5.74) is 0.283. The molecule has 1 aromatic rings. The topological polar surface area (TPSA) is 90.9 Å². The Morgan fingerprint density at radius 1 is 1.00 bits per heavy atom. The number of carbonyl (C=O) groups excluding carboxylic acids is 3. The Kier molecular flexibility index (Phi) is 7.43. The molecule has 0 spiro atoms. The molecule has 1 aliphatic carbocycles. The van der Waals surface area contributed by atoms with E-state index >= 15 is 0 Å². The first kappa shape index (κ1) is 21.7. The lowest BCUT2D eigenvalue weighted by molar-refractivity contribution is -0.128. The summed E-state index contributed by atoms with van der Waals surface area (Å²) in [5.74, 6) is -0.270. The molecule has 0 aliphatic heterocycles. The number of carbonyl (C=O) groups is 3. The van der Waals surface area contributed by atoms with E-state index in [2.05, 4.69) is 19.2 Å². The van der Waals surface area contributed by atoms with Crippen LogP contribution in [0, 0.1) is 11.8 Å². The first-order valence-electron chi connectivity index (χ1n) is 9.55. The molecule has 1 fully saturated rings. The van der Waals surface area contributed by atoms with Gasteiger partial charge in [0.1, 0.15) is 5.75 Å². The van der Waals surface area contributed by atoms with Gasteiger partial charge in [-0.05, 0) is 43.4 Å². The van der Waals surface area contributed by atoms with Gasteiger partial charge >= 0.3 is 11.9 Å². The van der Waals surface area contributed by atoms with E-state index in [1.165, 1.54) is 38.8 Å². The molecular formula is C21H29NO6. The molecule has 0 aromatic heterocycles. The largest absolute Gasteiger partial charge is 0.481 e. The van der Waals surface area contributed by atoms with Crippen LogP contribution >= 0.6 is 0 Å². The van der Waals surface area contributed by atoms with Crippen molar-refractivity contribution in [2.24, 2.45) is 11.8 Å². The third-order valence-corrected chi connectivity index (χ3v) is 5.47. The SMILES string of the molecule is COC(=O)c1cc(O[C@H](C)C(=O)N[C@@H]2CCC[C@@H](C)[C@H]2C)cc(C(=O)OC)c1. The Morgan fingerprint density at radius 2 is 1.57 bits per heavy atom. The molecule has 28 heavy (non-hydrogen) atoms. The molecule has 0 radical (unpaired) electrons. The van der Waals surface area contributed by atoms with E-state index in [0.717, 1.165) is 12.8 Å². The highest BCUT2D eigenvalue weighted by molar-refractivity contribution is 5.96. The van der Waals surface area contributed by atoms with Crippen LogP contribution in [0.25, 0.3) is 0 Å². The van der Waals surface area contributed by atoms with Crippen molar-refractivity contribution in [3.63, 3.8) is 0 Å². The minimum atomic E-state index is -0.789. The van der Waals surface area contributed by atoms with E-state index in [1.54, 1.807) is 6.92 Å². The number of benzene rings is 1. The molecule has 7 nitrogen and oxygen atoms in total. The van der Waals surface area contributed by atoms with Crippen LogP contribution < -0.4 is 10.1 Å². The maximum absolute atomic E-state index is 12.6. The second kappa shape index (κ2) is 9.57. The van der Waals surface area contributed by atoms with Crippen molar-refractivity contribution in [1.82, 2.24) is 5.32 Å². The zero-order valence-electron chi connectivity index (χ0n) is 17.1. The maximum atomic E-state index is 12.6. The summed E-state index contributed by atoms with van der Waals surface area (Å²) in [4.78, 5) is 36.3. The van der Waals surface area contributed by atoms with Crippen LogP contribution in [-0.4, -0.2) is 44.2 Å². The van der Waals surface area contributed by atoms with Gasteiger partial charge in [-0.15, -0.1) is 0 Å². The lowest BCUT2D eigenvalue weighted by atomic mass is 9.78. The van der Waals surface area contributed by atoms with Crippen LogP contribution in [0.5, 0.6) is 5.75 Å². The average Bonchev–Trinajstić information content (AvgIpc) is 2.69. The molecule has 1 aromatic carbocycles. The van der Waals surface area contributed by atoms with Crippen molar-refractivity contribution in [1.29, 1.82) is 0 Å². The number of rotatable bonds is 6. The van der Waals surface area contributed by atoms with Gasteiger partial charge in [-0.25, -0.2) is 9.59 Å². The lowest BCUT2D eigenvalue weighted by Gasteiger charge is -2.35. The first-order valence-corrected chi connectivity index (χ1v) is 9.55. The van der Waals surface area contributed by atoms with Crippen LogP contribution in [0.1, 0.15) is 60.7 Å². The van der Waals surface area contributed by atoms with Gasteiger partial charge in [0.15, 0.2) is 6.10 Å². The number of methoxy groups -OCH3 is 2. The fraction of sp³-hybridized carbons (Fsp3) is 0.571. The Hall–Kier alpha value is -2.57. The fourth-order valence-electron chi connectivity index (χ4n) is 3.48. The van der Waals surface area contributed by atoms with Gasteiger partial charge in [0.25, 0.3) is 5.91 Å². The summed E-state index contributed by atoms with van der Waals surface area (Å²) in [6.45, 7) is 5.99. The van der Waals surface area contributed by atoms with E-state index < -0.39 is 18.0 Å². The van der Waals surface area contributed by atoms with Crippen molar-refractivity contribution in [3.05, 3.63) is 29.3 Å². The molecule has 7 heteroatoms. The molecule has 154 valence electrons. The molecule has 1 aliphatic rings. The number of esters is 2. The predicted molar refractivity (Wildman–Crippen MR) is 103 cm³/mol. The summed E-state index contributed by atoms with van der Waals surface area (Å²) >= 11 is 0. The second-order valence-electron chi connectivity index (χ2n) is 7.37. The highest BCUT2D eigenvalue weighted by Gasteiger charge is 2.29. The number of ether oxygens (including phenoxy) is 3. The summed E-state index contributed by atoms with van der Waals surface area (Å²) in [5, 5.41) is 3.07. The van der Waals surface area contributed by atoms with Crippen molar-refractivity contribution in [2.45, 2.75) is 52.2 Å². The van der Waals surface area contributed by atoms with Gasteiger partial charge in [-0.2, -0.15) is 0 Å². The third kappa shape index (κ3) is 5.24. The summed E-state index contributed by atoms with van der Waals surface area (Å²) < 4.78 is 15.1. The van der Waals surface area contributed by atoms with Crippen molar-refractivity contribution in [2.75, 3.05) is 14.2 Å². The van der Waals surface area contributed by atoms with Crippen LogP contribution in [0.2, 0.25) is 0 Å². The number of hydrogen-bond donors (Lipinski definition) is 1. The number of amides is 1. The zero-order chi connectivity index (χ0) is 20.8. The van der Waals surface area contributed by atoms with Gasteiger partial charge in [0.05, 0.1) is 25.3 Å². The summed E-state index contributed by atoms with van der Waals surface area (Å²) in [6, 6.07) is 4.36. The highest BCUT2D eigenvalue weighted by atomic mass is 16.5. The molecule has 0 bridgehead atoms. The normalized spacial score (nSPS) is 22.7. The minimum absolute atomic E-state index is 0.120. The van der Waals surface area contributed by atoms with Crippen LogP contribution in [-0.2, 0) is 14.3 Å². The van der Waals surface area contributed by atoms with Gasteiger partial charge in [0.2, 0.25) is 0 Å². The average molecular weight is 391 g/mol. The van der Waals surface area contributed by atoms with Gasteiger partial charge in [-0.1, -0.05) is 26.7 Å². The predicted octanol–water partition coefficient (Wildman–Crippen LogP) is 2.97. The summed E-state index contributed by atoms with van der Waals surface area (Å²) in [7, 11) is 2.49. The van der Waals surface area contributed by atoms with Gasteiger partial charge in [-0.3, -0.25) is 4.79 Å². The Labute approximate surface area is 165 Å². The lowest BCUT2D eigenvalue weighted by Crippen LogP contribution is -2.48. The number of nitrogens with one attached hydrogen (secondary N) is 1. The maximum Gasteiger partial charge on any atom is 0.338 e. The standard InChI is InChI=1S/C21H29NO6/c1-12-7-6-8-18(13(12)2)22-19(23)14(3)28-17-10-15(20(24)26-4)9-16(11-17)21(25)27-5/h9-14,18H,6-8H2,1-5H3,(H,22,23)/t12-,13-,14-,18-/m1/s1. The molecule has 0 heterocycles. The Bertz CT molecular complexity index is 697. The van der Waals surface area contributed by atoms with E-state index in [0.29, 0.717) is 11.8 Å². The minimum Gasteiger partial charge on any atom is -0.481 e. The smallest absolute Gasteiger partial charge is 0.338 e. The van der Waals surface area contributed by atoms with Crippen molar-refractivity contribution < 1.29 is 28.6 Å². The van der Waals surface area contributed by atoms with E-state index in [4.69, 9.17) is 14.2 Å². The molecule has 1 N–H and O–H groups in total. The number of hydrogen-bond acceptors (Lipinski definition) is 6. The van der Waals surface area contributed by atoms with Crippen LogP contribution in [0.4, 0.5) is 0 Å². The molecule has 1 amide bonds. The Balaban J connectivity index is 2.13. The van der Waals surface area contributed by atoms with Crippen molar-refractivity contribution >= 4 is 17.8 Å². The van der Waals surface area contributed by atoms with Gasteiger partial charge < -0.3 is 19.5 Å². The molecular weight excluding hydrogens is 362 g/mol. The second-order valence-corrected chi connectivity index (χ2v) is 7.37. The van der Waals surface area contributed by atoms with Gasteiger partial charge in [0, 0.05) is 6.04 Å². The third-order valence-electron chi connectivity index (χ3n) is 5.47. The first-order chi connectivity index (χ1) is 13.3. The van der Waals surface area contributed by atoms with E-state index in [9.17, 15) is 14.4 Å². The van der Waals surface area contributed by atoms with E-state index in [-0.39, 0.29) is 28.8 Å². The monoisotopic (exact) mass is 391 g/mol. The quantitative estimate of drug-likeness (QED) is 0.750. The van der Waals surface area contributed by atoms with Crippen LogP contribution in [0.15, 0.2) is 18.2 Å². The Morgan fingerprint density at radius 3 is 2.11 bits per heavy atom. The van der Waals surface area contributed by atoms with E-state index in [1.807, 2.05) is 0 Å². The fourth-order valence-corrected chi connectivity index (χ4v) is 3.48. The molecule has 4 atom stereocenters. The molecule has 0 saturated heterocycles. The zero-order valence-corrected chi connectivity index (χ0v) is 17.1. The summed E-state index contributed by atoms with van der Waals surface area (Å²) in [6.07, 6.45) is 2.43. The molecule has 2 rings (SSSR count). The highest BCUT2D eigenvalue weighted by Crippen LogP contribution is 2.29. The van der Waals surface area contributed by atoms with Crippen LogP contribution in [0.3, 0.4) is 0 Å². The molecule has 0 unspecified atom stereocenters.